The standard InChI is InChI=1S/C22H31F3N2O4/c1-16(30-3)19(28)26-12-10-21(11-13-26,18-8-6-5-7-9-18)14-27(15-22(23,24)25)20(29)17(2)31-4/h5-9,16-17H,10-15H2,1-4H3/t16-,17+/m0/s1. The van der Waals surface area contributed by atoms with Gasteiger partial charge in [-0.2, -0.15) is 13.2 Å². The number of ether oxygens (including phenoxy) is 2. The van der Waals surface area contributed by atoms with E-state index in [1.165, 1.54) is 21.1 Å². The predicted molar refractivity (Wildman–Crippen MR) is 110 cm³/mol. The van der Waals surface area contributed by atoms with Gasteiger partial charge in [-0.25, -0.2) is 0 Å². The van der Waals surface area contributed by atoms with Crippen molar-refractivity contribution >= 4 is 11.8 Å². The van der Waals surface area contributed by atoms with Crippen molar-refractivity contribution in [2.75, 3.05) is 40.4 Å². The average molecular weight is 444 g/mol. The molecular weight excluding hydrogens is 413 g/mol. The fourth-order valence-corrected chi connectivity index (χ4v) is 3.99. The number of nitrogens with zero attached hydrogens (tertiary/aromatic N) is 2. The van der Waals surface area contributed by atoms with Crippen molar-refractivity contribution in [1.82, 2.24) is 9.80 Å². The van der Waals surface area contributed by atoms with Crippen molar-refractivity contribution in [3.63, 3.8) is 0 Å². The summed E-state index contributed by atoms with van der Waals surface area (Å²) in [5, 5.41) is 0. The van der Waals surface area contributed by atoms with Crippen LogP contribution in [0.3, 0.4) is 0 Å². The molecule has 2 atom stereocenters. The van der Waals surface area contributed by atoms with Crippen LogP contribution in [0, 0.1) is 0 Å². The lowest BCUT2D eigenvalue weighted by Gasteiger charge is -2.45. The van der Waals surface area contributed by atoms with Crippen molar-refractivity contribution < 1.29 is 32.2 Å². The molecule has 0 aliphatic carbocycles. The number of rotatable bonds is 8. The lowest BCUT2D eigenvalue weighted by molar-refractivity contribution is -0.169. The molecule has 2 rings (SSSR count). The summed E-state index contributed by atoms with van der Waals surface area (Å²) in [6, 6.07) is 9.23. The van der Waals surface area contributed by atoms with Crippen LogP contribution in [0.5, 0.6) is 0 Å². The highest BCUT2D eigenvalue weighted by Crippen LogP contribution is 2.37. The Hall–Kier alpha value is -2.13. The quantitative estimate of drug-likeness (QED) is 0.619. The molecule has 1 aromatic carbocycles. The first-order valence-corrected chi connectivity index (χ1v) is 10.3. The molecule has 9 heteroatoms. The van der Waals surface area contributed by atoms with E-state index in [0.717, 1.165) is 10.5 Å². The van der Waals surface area contributed by atoms with Crippen LogP contribution in [-0.4, -0.2) is 80.4 Å². The molecule has 174 valence electrons. The minimum absolute atomic E-state index is 0.106. The summed E-state index contributed by atoms with van der Waals surface area (Å²) in [6.45, 7) is 2.39. The highest BCUT2D eigenvalue weighted by atomic mass is 19.4. The van der Waals surface area contributed by atoms with Gasteiger partial charge >= 0.3 is 6.18 Å². The van der Waals surface area contributed by atoms with Crippen molar-refractivity contribution in [2.45, 2.75) is 50.5 Å². The van der Waals surface area contributed by atoms with Crippen molar-refractivity contribution in [3.05, 3.63) is 35.9 Å². The van der Waals surface area contributed by atoms with E-state index in [1.807, 2.05) is 30.3 Å². The Kier molecular flexibility index (Phi) is 8.48. The fraction of sp³-hybridized carbons (Fsp3) is 0.636. The Morgan fingerprint density at radius 3 is 2.10 bits per heavy atom. The summed E-state index contributed by atoms with van der Waals surface area (Å²) < 4.78 is 50.0. The number of carbonyl (C=O) groups is 2. The van der Waals surface area contributed by atoms with E-state index in [0.29, 0.717) is 25.9 Å². The Labute approximate surface area is 181 Å². The minimum atomic E-state index is -4.54. The molecule has 0 saturated carbocycles. The van der Waals surface area contributed by atoms with Gasteiger partial charge in [-0.15, -0.1) is 0 Å². The Morgan fingerprint density at radius 2 is 1.61 bits per heavy atom. The van der Waals surface area contributed by atoms with Crippen molar-refractivity contribution in [1.29, 1.82) is 0 Å². The van der Waals surface area contributed by atoms with Gasteiger partial charge in [0.15, 0.2) is 0 Å². The second kappa shape index (κ2) is 10.5. The SMILES string of the molecule is CO[C@@H](C)C(=O)N1CCC(CN(CC(F)(F)F)C(=O)[C@@H](C)OC)(c2ccccc2)CC1. The summed E-state index contributed by atoms with van der Waals surface area (Å²) in [6.07, 6.45) is -5.25. The van der Waals surface area contributed by atoms with Gasteiger partial charge in [-0.05, 0) is 32.3 Å². The lowest BCUT2D eigenvalue weighted by atomic mass is 9.72. The molecule has 0 aromatic heterocycles. The van der Waals surface area contributed by atoms with Crippen LogP contribution in [0.2, 0.25) is 0 Å². The number of benzene rings is 1. The smallest absolute Gasteiger partial charge is 0.372 e. The lowest BCUT2D eigenvalue weighted by Crippen LogP contribution is -2.55. The number of likely N-dealkylation sites (tertiary alicyclic amines) is 1. The number of carbonyl (C=O) groups excluding carboxylic acids is 2. The van der Waals surface area contributed by atoms with Crippen molar-refractivity contribution in [3.8, 4) is 0 Å². The number of methoxy groups -OCH3 is 2. The number of hydrogen-bond acceptors (Lipinski definition) is 4. The first-order valence-electron chi connectivity index (χ1n) is 10.3. The van der Waals surface area contributed by atoms with E-state index >= 15 is 0 Å². The zero-order valence-corrected chi connectivity index (χ0v) is 18.4. The van der Waals surface area contributed by atoms with Crippen LogP contribution in [0.4, 0.5) is 13.2 Å². The maximum Gasteiger partial charge on any atom is 0.406 e. The van der Waals surface area contributed by atoms with Gasteiger partial charge in [0.1, 0.15) is 18.8 Å². The fourth-order valence-electron chi connectivity index (χ4n) is 3.99. The molecule has 31 heavy (non-hydrogen) atoms. The van der Waals surface area contributed by atoms with Gasteiger partial charge in [0.05, 0.1) is 0 Å². The van der Waals surface area contributed by atoms with Crippen LogP contribution in [0.15, 0.2) is 30.3 Å². The highest BCUT2D eigenvalue weighted by Gasteiger charge is 2.43. The van der Waals surface area contributed by atoms with Crippen LogP contribution < -0.4 is 0 Å². The van der Waals surface area contributed by atoms with Crippen molar-refractivity contribution in [2.24, 2.45) is 0 Å². The van der Waals surface area contributed by atoms with E-state index in [4.69, 9.17) is 9.47 Å². The summed E-state index contributed by atoms with van der Waals surface area (Å²) in [7, 11) is 2.75. The molecule has 0 N–H and O–H groups in total. The first-order chi connectivity index (χ1) is 14.5. The molecule has 6 nitrogen and oxygen atoms in total. The largest absolute Gasteiger partial charge is 0.406 e. The van der Waals surface area contributed by atoms with Crippen LogP contribution >= 0.6 is 0 Å². The van der Waals surface area contributed by atoms with Gasteiger partial charge in [-0.3, -0.25) is 9.59 Å². The molecule has 2 amide bonds. The second-order valence-electron chi connectivity index (χ2n) is 8.04. The van der Waals surface area contributed by atoms with Gasteiger partial charge in [0.2, 0.25) is 0 Å². The summed E-state index contributed by atoms with van der Waals surface area (Å²) in [4.78, 5) is 27.7. The summed E-state index contributed by atoms with van der Waals surface area (Å²) in [5.74, 6) is -0.859. The summed E-state index contributed by atoms with van der Waals surface area (Å²) >= 11 is 0. The van der Waals surface area contributed by atoms with Crippen LogP contribution in [0.1, 0.15) is 32.3 Å². The third-order valence-corrected chi connectivity index (χ3v) is 6.00. The molecule has 1 aliphatic heterocycles. The average Bonchev–Trinajstić information content (AvgIpc) is 2.76. The Balaban J connectivity index is 2.33. The van der Waals surface area contributed by atoms with E-state index in [1.54, 1.807) is 11.8 Å². The number of hydrogen-bond donors (Lipinski definition) is 0. The number of amides is 2. The Morgan fingerprint density at radius 1 is 1.06 bits per heavy atom. The van der Waals surface area contributed by atoms with Crippen LogP contribution in [0.25, 0.3) is 0 Å². The number of piperidine rings is 1. The zero-order valence-electron chi connectivity index (χ0n) is 18.4. The first kappa shape index (κ1) is 25.1. The zero-order chi connectivity index (χ0) is 23.2. The number of alkyl halides is 3. The number of halogens is 3. The maximum absolute atomic E-state index is 13.3. The molecule has 0 bridgehead atoms. The predicted octanol–water partition coefficient (Wildman–Crippen LogP) is 3.01. The maximum atomic E-state index is 13.3. The molecule has 1 aliphatic rings. The van der Waals surface area contributed by atoms with Gasteiger partial charge in [0.25, 0.3) is 11.8 Å². The highest BCUT2D eigenvalue weighted by molar-refractivity contribution is 5.81. The minimum Gasteiger partial charge on any atom is -0.372 e. The van der Waals surface area contributed by atoms with E-state index in [9.17, 15) is 22.8 Å². The molecular formula is C22H31F3N2O4. The van der Waals surface area contributed by atoms with Gasteiger partial charge < -0.3 is 19.3 Å². The third-order valence-electron chi connectivity index (χ3n) is 6.00. The van der Waals surface area contributed by atoms with Gasteiger partial charge in [-0.1, -0.05) is 30.3 Å². The normalized spacial score (nSPS) is 18.4. The third kappa shape index (κ3) is 6.43. The molecule has 0 unspecified atom stereocenters. The molecule has 0 radical (unpaired) electrons. The topological polar surface area (TPSA) is 59.1 Å². The molecule has 1 heterocycles. The Bertz CT molecular complexity index is 734. The molecule has 1 fully saturated rings. The molecule has 1 aromatic rings. The molecule has 0 spiro atoms. The monoisotopic (exact) mass is 444 g/mol. The van der Waals surface area contributed by atoms with Gasteiger partial charge in [0, 0.05) is 39.3 Å². The van der Waals surface area contributed by atoms with E-state index in [-0.39, 0.29) is 12.5 Å². The van der Waals surface area contributed by atoms with E-state index in [2.05, 4.69) is 0 Å². The summed E-state index contributed by atoms with van der Waals surface area (Å²) in [5.41, 5.74) is 0.148. The van der Waals surface area contributed by atoms with E-state index < -0.39 is 36.3 Å². The molecule has 1 saturated heterocycles. The second-order valence-corrected chi connectivity index (χ2v) is 8.04. The van der Waals surface area contributed by atoms with Crippen LogP contribution in [-0.2, 0) is 24.5 Å².